The number of rotatable bonds is 28. The third-order valence-corrected chi connectivity index (χ3v) is 12.6. The van der Waals surface area contributed by atoms with Crippen molar-refractivity contribution in [1.29, 1.82) is 5.26 Å². The average Bonchev–Trinajstić information content (AvgIpc) is 3.27. The van der Waals surface area contributed by atoms with Gasteiger partial charge in [-0.3, -0.25) is 28.8 Å². The van der Waals surface area contributed by atoms with Crippen LogP contribution in [0.1, 0.15) is 213 Å². The molecular formula is C60H113Br2N3O10. The number of carbonyl (C=O) groups excluding carboxylic acids is 6. The fourth-order valence-electron chi connectivity index (χ4n) is 6.44. The van der Waals surface area contributed by atoms with Gasteiger partial charge in [-0.05, 0) is 135 Å². The molecule has 2 rings (SSSR count). The van der Waals surface area contributed by atoms with Crippen molar-refractivity contribution in [3.63, 3.8) is 0 Å². The molecule has 13 nitrogen and oxygen atoms in total. The maximum atomic E-state index is 12.5. The van der Waals surface area contributed by atoms with E-state index < -0.39 is 44.3 Å². The molecule has 6 atom stereocenters. The molecule has 6 unspecified atom stereocenters. The number of hydrogen-bond donors (Lipinski definition) is 0. The Hall–Kier alpha value is -4.13. The fourth-order valence-corrected chi connectivity index (χ4v) is 7.22. The Morgan fingerprint density at radius 2 is 0.907 bits per heavy atom. The molecule has 0 bridgehead atoms. The SMILES string of the molecule is C.C.C.C.C.C.C.C.C.C.CCCCC.CCCOCCOc1ccc(N=Nc2ccc(C#N)cc2)cc1.COC(=O)C(CCCC(CC(CC(C)(Br)C(C)=O)C(C)=O)C(=O)OC)CC(CC(C)(Br)C(C)=O)C(C)=O. The number of nitriles is 1. The summed E-state index contributed by atoms with van der Waals surface area (Å²) in [4.78, 5) is 73.7. The molecule has 0 radical (unpaired) electrons. The molecule has 15 heteroatoms. The van der Waals surface area contributed by atoms with E-state index in [1.54, 1.807) is 38.1 Å². The number of ketones is 4. The van der Waals surface area contributed by atoms with Gasteiger partial charge in [-0.2, -0.15) is 15.5 Å². The van der Waals surface area contributed by atoms with Crippen LogP contribution in [0.3, 0.4) is 0 Å². The summed E-state index contributed by atoms with van der Waals surface area (Å²) in [7, 11) is 2.56. The van der Waals surface area contributed by atoms with Crippen molar-refractivity contribution in [2.24, 2.45) is 33.9 Å². The molecule has 442 valence electrons. The van der Waals surface area contributed by atoms with Crippen LogP contribution < -0.4 is 4.74 Å². The van der Waals surface area contributed by atoms with E-state index in [-0.39, 0.29) is 123 Å². The number of nitrogens with zero attached hydrogens (tertiary/aromatic N) is 3. The Labute approximate surface area is 478 Å². The molecule has 0 aliphatic carbocycles. The highest BCUT2D eigenvalue weighted by atomic mass is 79.9. The molecule has 75 heavy (non-hydrogen) atoms. The Kier molecular flexibility index (Phi) is 68.6. The first-order valence-corrected chi connectivity index (χ1v) is 24.0. The first-order valence-electron chi connectivity index (χ1n) is 22.4. The number of ether oxygens (including phenoxy) is 4. The molecule has 0 fully saturated rings. The molecule has 2 aromatic rings. The van der Waals surface area contributed by atoms with Crippen LogP contribution in [-0.2, 0) is 43.0 Å². The van der Waals surface area contributed by atoms with E-state index in [4.69, 9.17) is 24.2 Å². The second-order valence-corrected chi connectivity index (χ2v) is 20.0. The summed E-state index contributed by atoms with van der Waals surface area (Å²) in [5.41, 5.74) is 2.05. The predicted octanol–water partition coefficient (Wildman–Crippen LogP) is 18.5. The van der Waals surface area contributed by atoms with Gasteiger partial charge < -0.3 is 18.9 Å². The Morgan fingerprint density at radius 1 is 0.547 bits per heavy atom. The molecule has 2 aromatic carbocycles. The van der Waals surface area contributed by atoms with Gasteiger partial charge in [-0.1, -0.05) is 153 Å². The van der Waals surface area contributed by atoms with Crippen LogP contribution in [0.15, 0.2) is 58.8 Å². The minimum absolute atomic E-state index is 0. The quantitative estimate of drug-likeness (QED) is 0.0341. The molecule has 0 aliphatic heterocycles. The van der Waals surface area contributed by atoms with Crippen molar-refractivity contribution < 1.29 is 47.7 Å². The molecule has 0 aromatic heterocycles. The van der Waals surface area contributed by atoms with Gasteiger partial charge in [0.15, 0.2) is 0 Å². The van der Waals surface area contributed by atoms with Crippen molar-refractivity contribution >= 4 is 78.3 Å². The van der Waals surface area contributed by atoms with Crippen molar-refractivity contribution in [2.45, 2.75) is 216 Å². The number of unbranched alkanes of at least 4 members (excludes halogenated alkanes) is 2. The van der Waals surface area contributed by atoms with Gasteiger partial charge in [0.1, 0.15) is 35.5 Å². The third kappa shape index (κ3) is 41.7. The summed E-state index contributed by atoms with van der Waals surface area (Å²) >= 11 is 6.80. The van der Waals surface area contributed by atoms with Gasteiger partial charge in [0.05, 0.1) is 64.3 Å². The van der Waals surface area contributed by atoms with Gasteiger partial charge >= 0.3 is 11.9 Å². The van der Waals surface area contributed by atoms with E-state index in [1.807, 2.05) is 24.3 Å². The average molecular weight is 1200 g/mol. The van der Waals surface area contributed by atoms with E-state index in [9.17, 15) is 28.8 Å². The monoisotopic (exact) mass is 1190 g/mol. The standard InChI is InChI=1S/C27H42Br2O8.C18H19N3O2.C5H12.10CH4/c1-16(30)22(14-26(5,28)18(3)32)12-20(24(34)36-7)10-9-11-21(25(35)37-8)13-23(17(2)31)15-27(6,29)19(4)33;1-2-11-22-12-13-23-18-9-7-17(8-10-18)21-20-16-5-3-15(14-19)4-6-16;1-3-5-4-2;;;;;;;;;;/h20-23H,9-15H2,1-8H3;3-10H,2,11-13H2,1H3;3-5H2,1-2H3;10*1H4. The number of alkyl halides is 2. The third-order valence-electron chi connectivity index (χ3n) is 10.9. The number of benzene rings is 2. The summed E-state index contributed by atoms with van der Waals surface area (Å²) in [5.74, 6) is -2.87. The molecule has 0 heterocycles. The van der Waals surface area contributed by atoms with Crippen LogP contribution in [-0.4, -0.2) is 77.8 Å². The number of halogens is 2. The van der Waals surface area contributed by atoms with Crippen LogP contribution in [0.2, 0.25) is 0 Å². The topological polar surface area (TPSA) is 188 Å². The predicted molar refractivity (Wildman–Crippen MR) is 329 cm³/mol. The van der Waals surface area contributed by atoms with Gasteiger partial charge in [-0.15, -0.1) is 0 Å². The van der Waals surface area contributed by atoms with Crippen molar-refractivity contribution in [1.82, 2.24) is 0 Å². The summed E-state index contributed by atoms with van der Waals surface area (Å²) in [6.07, 6.45) is 7.19. The molecule has 0 spiro atoms. The number of esters is 2. The fraction of sp³-hybridized carbons (Fsp3) is 0.683. The summed E-state index contributed by atoms with van der Waals surface area (Å²) in [6, 6.07) is 16.4. The van der Waals surface area contributed by atoms with Crippen LogP contribution >= 0.6 is 31.9 Å². The minimum Gasteiger partial charge on any atom is -0.491 e. The summed E-state index contributed by atoms with van der Waals surface area (Å²) in [5, 5.41) is 17.0. The normalized spacial score (nSPS) is 12.6. The van der Waals surface area contributed by atoms with E-state index >= 15 is 0 Å². The van der Waals surface area contributed by atoms with Gasteiger partial charge in [0, 0.05) is 18.4 Å². The molecule has 0 saturated heterocycles. The minimum atomic E-state index is -0.883. The Balaban J connectivity index is -0.000000104. The largest absolute Gasteiger partial charge is 0.491 e. The van der Waals surface area contributed by atoms with Gasteiger partial charge in [0.2, 0.25) is 0 Å². The summed E-state index contributed by atoms with van der Waals surface area (Å²) < 4.78 is 19.1. The lowest BCUT2D eigenvalue weighted by Crippen LogP contribution is -2.33. The second-order valence-electron chi connectivity index (χ2n) is 16.5. The van der Waals surface area contributed by atoms with Crippen molar-refractivity contribution in [2.75, 3.05) is 34.0 Å². The number of azo groups is 1. The zero-order valence-corrected chi connectivity index (χ0v) is 43.7. The Morgan fingerprint density at radius 3 is 1.19 bits per heavy atom. The number of carbonyl (C=O) groups is 6. The lowest BCUT2D eigenvalue weighted by atomic mass is 9.80. The van der Waals surface area contributed by atoms with Crippen LogP contribution in [0.5, 0.6) is 5.75 Å². The smallest absolute Gasteiger partial charge is 0.308 e. The maximum absolute atomic E-state index is 12.5. The van der Waals surface area contributed by atoms with Crippen LogP contribution in [0.25, 0.3) is 0 Å². The lowest BCUT2D eigenvalue weighted by molar-refractivity contribution is -0.146. The molecule has 0 N–H and O–H groups in total. The highest BCUT2D eigenvalue weighted by molar-refractivity contribution is 9.10. The van der Waals surface area contributed by atoms with E-state index in [1.165, 1.54) is 61.2 Å². The lowest BCUT2D eigenvalue weighted by Gasteiger charge is -2.28. The number of methoxy groups -OCH3 is 2. The second kappa shape index (κ2) is 53.3. The molecule has 0 saturated carbocycles. The zero-order valence-electron chi connectivity index (χ0n) is 40.5. The van der Waals surface area contributed by atoms with E-state index in [2.05, 4.69) is 68.9 Å². The van der Waals surface area contributed by atoms with Crippen molar-refractivity contribution in [3.8, 4) is 11.8 Å². The van der Waals surface area contributed by atoms with Gasteiger partial charge in [0.25, 0.3) is 0 Å². The number of Topliss-reactive ketones (excluding diaryl/α,β-unsaturated/α-hetero) is 4. The molecule has 0 aliphatic rings. The number of hydrogen-bond acceptors (Lipinski definition) is 13. The van der Waals surface area contributed by atoms with Crippen molar-refractivity contribution in [3.05, 3.63) is 54.1 Å². The van der Waals surface area contributed by atoms with E-state index in [0.29, 0.717) is 43.7 Å². The summed E-state index contributed by atoms with van der Waals surface area (Å²) in [6.45, 7) is 17.6. The van der Waals surface area contributed by atoms with E-state index in [0.717, 1.165) is 24.5 Å². The Bertz CT molecular complexity index is 1760. The highest BCUT2D eigenvalue weighted by Gasteiger charge is 2.37. The first-order chi connectivity index (χ1) is 30.6. The molecular weight excluding hydrogens is 1080 g/mol. The maximum Gasteiger partial charge on any atom is 0.308 e. The van der Waals surface area contributed by atoms with Crippen LogP contribution in [0, 0.1) is 35.0 Å². The van der Waals surface area contributed by atoms with Crippen LogP contribution in [0.4, 0.5) is 11.4 Å². The van der Waals surface area contributed by atoms with Gasteiger partial charge in [-0.25, -0.2) is 0 Å². The molecule has 0 amide bonds. The first kappa shape index (κ1) is 96.5. The zero-order chi connectivity index (χ0) is 49.6. The highest BCUT2D eigenvalue weighted by Crippen LogP contribution is 2.35.